The van der Waals surface area contributed by atoms with Crippen LogP contribution in [0.4, 0.5) is 0 Å². The Morgan fingerprint density at radius 3 is 3.04 bits per heavy atom. The van der Waals surface area contributed by atoms with Crippen molar-refractivity contribution in [3.8, 4) is 11.4 Å². The van der Waals surface area contributed by atoms with Gasteiger partial charge in [-0.2, -0.15) is 0 Å². The standard InChI is InChI=1S/C17H21N3O3S/c21-17(15-11-22-9-10-23-15)19-8-4-2-6-16-20-14(12-24-16)13-5-1-3-7-18-13/h1,3,5,7,12,15H,2,4,6,8-11H2,(H,19,21). The van der Waals surface area contributed by atoms with Crippen LogP contribution in [0.15, 0.2) is 29.8 Å². The summed E-state index contributed by atoms with van der Waals surface area (Å²) in [4.78, 5) is 20.8. The average Bonchev–Trinajstić information content (AvgIpc) is 3.12. The van der Waals surface area contributed by atoms with Crippen LogP contribution < -0.4 is 5.32 Å². The van der Waals surface area contributed by atoms with Crippen LogP contribution in [0.3, 0.4) is 0 Å². The molecule has 1 aliphatic heterocycles. The summed E-state index contributed by atoms with van der Waals surface area (Å²) >= 11 is 1.66. The third-order valence-corrected chi connectivity index (χ3v) is 4.61. The zero-order valence-corrected chi connectivity index (χ0v) is 14.3. The van der Waals surface area contributed by atoms with Gasteiger partial charge in [-0.05, 0) is 31.4 Å². The van der Waals surface area contributed by atoms with Crippen LogP contribution >= 0.6 is 11.3 Å². The molecular formula is C17H21N3O3S. The lowest BCUT2D eigenvalue weighted by molar-refractivity contribution is -0.147. The van der Waals surface area contributed by atoms with E-state index in [9.17, 15) is 4.79 Å². The second-order valence-corrected chi connectivity index (χ2v) is 6.47. The molecule has 3 rings (SSSR count). The number of thiazole rings is 1. The summed E-state index contributed by atoms with van der Waals surface area (Å²) in [5.74, 6) is -0.0820. The van der Waals surface area contributed by atoms with Crippen molar-refractivity contribution in [1.29, 1.82) is 0 Å². The third-order valence-electron chi connectivity index (χ3n) is 3.70. The predicted octanol–water partition coefficient (Wildman–Crippen LogP) is 2.06. The van der Waals surface area contributed by atoms with Gasteiger partial charge in [-0.3, -0.25) is 9.78 Å². The molecule has 3 heterocycles. The zero-order chi connectivity index (χ0) is 16.6. The molecule has 128 valence electrons. The summed E-state index contributed by atoms with van der Waals surface area (Å²) in [6.07, 6.45) is 4.13. The summed E-state index contributed by atoms with van der Waals surface area (Å²) < 4.78 is 10.6. The molecule has 1 saturated heterocycles. The van der Waals surface area contributed by atoms with Gasteiger partial charge in [0.15, 0.2) is 6.10 Å². The van der Waals surface area contributed by atoms with Crippen LogP contribution in [-0.4, -0.2) is 48.3 Å². The van der Waals surface area contributed by atoms with Crippen LogP contribution in [0.5, 0.6) is 0 Å². The van der Waals surface area contributed by atoms with E-state index in [1.54, 1.807) is 17.5 Å². The lowest BCUT2D eigenvalue weighted by Gasteiger charge is -2.21. The number of pyridine rings is 1. The van der Waals surface area contributed by atoms with Crippen LogP contribution in [0.1, 0.15) is 17.8 Å². The maximum absolute atomic E-state index is 11.9. The number of hydrogen-bond acceptors (Lipinski definition) is 6. The summed E-state index contributed by atoms with van der Waals surface area (Å²) in [6.45, 7) is 2.05. The molecule has 6 nitrogen and oxygen atoms in total. The molecule has 1 amide bonds. The van der Waals surface area contributed by atoms with Crippen LogP contribution in [0.2, 0.25) is 0 Å². The first-order chi connectivity index (χ1) is 11.8. The molecule has 1 aliphatic rings. The number of hydrogen-bond donors (Lipinski definition) is 1. The fraction of sp³-hybridized carbons (Fsp3) is 0.471. The van der Waals surface area contributed by atoms with Gasteiger partial charge in [0.1, 0.15) is 0 Å². The zero-order valence-electron chi connectivity index (χ0n) is 13.4. The van der Waals surface area contributed by atoms with Crippen LogP contribution in [-0.2, 0) is 20.7 Å². The van der Waals surface area contributed by atoms with Gasteiger partial charge >= 0.3 is 0 Å². The van der Waals surface area contributed by atoms with E-state index in [-0.39, 0.29) is 5.91 Å². The highest BCUT2D eigenvalue weighted by molar-refractivity contribution is 7.09. The number of carbonyl (C=O) groups is 1. The minimum atomic E-state index is -0.460. The number of unbranched alkanes of at least 4 members (excludes halogenated alkanes) is 1. The second-order valence-electron chi connectivity index (χ2n) is 5.52. The number of nitrogens with one attached hydrogen (secondary N) is 1. The maximum atomic E-state index is 11.9. The molecule has 0 saturated carbocycles. The summed E-state index contributed by atoms with van der Waals surface area (Å²) in [6, 6.07) is 5.83. The van der Waals surface area contributed by atoms with E-state index in [0.29, 0.717) is 26.4 Å². The Hall–Kier alpha value is -1.83. The number of aryl methyl sites for hydroxylation is 1. The van der Waals surface area contributed by atoms with Crippen molar-refractivity contribution in [2.75, 3.05) is 26.4 Å². The Bertz CT molecular complexity index is 642. The molecule has 1 unspecified atom stereocenters. The quantitative estimate of drug-likeness (QED) is 0.776. The second kappa shape index (κ2) is 8.86. The molecule has 1 fully saturated rings. The summed E-state index contributed by atoms with van der Waals surface area (Å²) in [5, 5.41) is 6.04. The van der Waals surface area contributed by atoms with Gasteiger partial charge in [-0.15, -0.1) is 11.3 Å². The molecule has 0 radical (unpaired) electrons. The molecule has 0 aliphatic carbocycles. The van der Waals surface area contributed by atoms with Crippen LogP contribution in [0, 0.1) is 0 Å². The molecule has 1 N–H and O–H groups in total. The van der Waals surface area contributed by atoms with Gasteiger partial charge < -0.3 is 14.8 Å². The number of ether oxygens (including phenoxy) is 2. The number of rotatable bonds is 7. The van der Waals surface area contributed by atoms with Gasteiger partial charge in [-0.25, -0.2) is 4.98 Å². The van der Waals surface area contributed by atoms with E-state index in [1.165, 1.54) is 0 Å². The van der Waals surface area contributed by atoms with Crippen molar-refractivity contribution in [3.05, 3.63) is 34.8 Å². The Morgan fingerprint density at radius 2 is 2.25 bits per heavy atom. The first kappa shape index (κ1) is 17.0. The Labute approximate surface area is 145 Å². The lowest BCUT2D eigenvalue weighted by Crippen LogP contribution is -2.43. The number of aromatic nitrogens is 2. The van der Waals surface area contributed by atoms with Crippen molar-refractivity contribution in [3.63, 3.8) is 0 Å². The Balaban J connectivity index is 1.35. The van der Waals surface area contributed by atoms with Crippen molar-refractivity contribution in [1.82, 2.24) is 15.3 Å². The topological polar surface area (TPSA) is 73.3 Å². The minimum Gasteiger partial charge on any atom is -0.376 e. The van der Waals surface area contributed by atoms with Crippen LogP contribution in [0.25, 0.3) is 11.4 Å². The van der Waals surface area contributed by atoms with Gasteiger partial charge in [0.05, 0.1) is 36.2 Å². The van der Waals surface area contributed by atoms with E-state index in [0.717, 1.165) is 35.7 Å². The smallest absolute Gasteiger partial charge is 0.251 e. The van der Waals surface area contributed by atoms with Gasteiger partial charge in [0.25, 0.3) is 5.91 Å². The van der Waals surface area contributed by atoms with E-state index in [1.807, 2.05) is 23.6 Å². The maximum Gasteiger partial charge on any atom is 0.251 e. The van der Waals surface area contributed by atoms with Crippen molar-refractivity contribution < 1.29 is 14.3 Å². The molecule has 0 bridgehead atoms. The van der Waals surface area contributed by atoms with Gasteiger partial charge in [0.2, 0.25) is 0 Å². The molecule has 7 heteroatoms. The highest BCUT2D eigenvalue weighted by atomic mass is 32.1. The summed E-state index contributed by atoms with van der Waals surface area (Å²) in [7, 11) is 0. The largest absolute Gasteiger partial charge is 0.376 e. The molecule has 24 heavy (non-hydrogen) atoms. The predicted molar refractivity (Wildman–Crippen MR) is 91.9 cm³/mol. The Morgan fingerprint density at radius 1 is 1.29 bits per heavy atom. The minimum absolute atomic E-state index is 0.0820. The Kier molecular flexibility index (Phi) is 6.28. The molecule has 0 aromatic carbocycles. The molecule has 1 atom stereocenters. The SMILES string of the molecule is O=C(NCCCCc1nc(-c2ccccn2)cs1)C1COCCO1. The van der Waals surface area contributed by atoms with E-state index in [4.69, 9.17) is 9.47 Å². The highest BCUT2D eigenvalue weighted by Crippen LogP contribution is 2.20. The van der Waals surface area contributed by atoms with Gasteiger partial charge in [0, 0.05) is 18.1 Å². The molecule has 2 aromatic rings. The third kappa shape index (κ3) is 4.83. The number of carbonyl (C=O) groups excluding carboxylic acids is 1. The highest BCUT2D eigenvalue weighted by Gasteiger charge is 2.21. The molecule has 0 spiro atoms. The van der Waals surface area contributed by atoms with Crippen molar-refractivity contribution in [2.24, 2.45) is 0 Å². The van der Waals surface area contributed by atoms with E-state index >= 15 is 0 Å². The number of amides is 1. The average molecular weight is 347 g/mol. The normalized spacial score (nSPS) is 17.6. The number of nitrogens with zero attached hydrogens (tertiary/aromatic N) is 2. The lowest BCUT2D eigenvalue weighted by atomic mass is 10.2. The van der Waals surface area contributed by atoms with Crippen molar-refractivity contribution in [2.45, 2.75) is 25.4 Å². The van der Waals surface area contributed by atoms with Crippen molar-refractivity contribution >= 4 is 17.2 Å². The fourth-order valence-electron chi connectivity index (χ4n) is 2.42. The first-order valence-corrected chi connectivity index (χ1v) is 9.04. The van der Waals surface area contributed by atoms with Gasteiger partial charge in [-0.1, -0.05) is 6.07 Å². The monoisotopic (exact) mass is 347 g/mol. The fourth-order valence-corrected chi connectivity index (χ4v) is 3.26. The van der Waals surface area contributed by atoms with E-state index in [2.05, 4.69) is 15.3 Å². The van der Waals surface area contributed by atoms with E-state index < -0.39 is 6.10 Å². The molecular weight excluding hydrogens is 326 g/mol. The molecule has 2 aromatic heterocycles. The summed E-state index contributed by atoms with van der Waals surface area (Å²) in [5.41, 5.74) is 1.83. The first-order valence-electron chi connectivity index (χ1n) is 8.16.